The smallest absolute Gasteiger partial charge is 0.319 e. The van der Waals surface area contributed by atoms with E-state index < -0.39 is 5.79 Å². The van der Waals surface area contributed by atoms with Gasteiger partial charge in [0.15, 0.2) is 11.5 Å². The Morgan fingerprint density at radius 3 is 2.84 bits per heavy atom. The van der Waals surface area contributed by atoms with Gasteiger partial charge in [0.2, 0.25) is 0 Å². The van der Waals surface area contributed by atoms with Gasteiger partial charge in [-0.25, -0.2) is 4.79 Å². The molecule has 0 spiro atoms. The zero-order chi connectivity index (χ0) is 13.5. The van der Waals surface area contributed by atoms with E-state index in [9.17, 15) is 4.79 Å². The number of anilines is 1. The molecule has 6 heteroatoms. The number of halogens is 1. The van der Waals surface area contributed by atoms with E-state index in [1.807, 2.05) is 0 Å². The second-order valence-electron chi connectivity index (χ2n) is 5.01. The summed E-state index contributed by atoms with van der Waals surface area (Å²) in [6, 6.07) is 5.41. The number of hydrogen-bond donors (Lipinski definition) is 2. The van der Waals surface area contributed by atoms with E-state index >= 15 is 0 Å². The Bertz CT molecular complexity index is 519. The molecule has 0 radical (unpaired) electrons. The predicted octanol–water partition coefficient (Wildman–Crippen LogP) is 2.70. The first-order valence-electron chi connectivity index (χ1n) is 6.23. The SMILES string of the molecule is CC1(CCl)Oc2ccc(NC(=O)NC3CC3)cc2O1. The average Bonchev–Trinajstić information content (AvgIpc) is 3.09. The highest BCUT2D eigenvalue weighted by Gasteiger charge is 2.36. The maximum Gasteiger partial charge on any atom is 0.319 e. The van der Waals surface area contributed by atoms with Crippen LogP contribution in [0.25, 0.3) is 0 Å². The lowest BCUT2D eigenvalue weighted by atomic mass is 10.3. The molecule has 1 unspecified atom stereocenters. The molecule has 1 atom stereocenters. The van der Waals surface area contributed by atoms with Crippen molar-refractivity contribution < 1.29 is 14.3 Å². The number of amides is 2. The number of hydrogen-bond acceptors (Lipinski definition) is 3. The fourth-order valence-electron chi connectivity index (χ4n) is 1.87. The van der Waals surface area contributed by atoms with Crippen LogP contribution in [0.4, 0.5) is 10.5 Å². The summed E-state index contributed by atoms with van der Waals surface area (Å²) in [7, 11) is 0. The molecule has 1 aliphatic carbocycles. The Morgan fingerprint density at radius 2 is 2.16 bits per heavy atom. The van der Waals surface area contributed by atoms with Crippen LogP contribution in [0.2, 0.25) is 0 Å². The van der Waals surface area contributed by atoms with Gasteiger partial charge in [-0.3, -0.25) is 0 Å². The molecule has 19 heavy (non-hydrogen) atoms. The molecule has 5 nitrogen and oxygen atoms in total. The van der Waals surface area contributed by atoms with Crippen molar-refractivity contribution in [2.75, 3.05) is 11.2 Å². The molecule has 1 aromatic carbocycles. The number of alkyl halides is 1. The molecular formula is C13H15ClN2O3. The Kier molecular flexibility index (Phi) is 2.93. The number of rotatable bonds is 3. The standard InChI is InChI=1S/C13H15ClN2O3/c1-13(7-14)18-10-5-4-9(6-11(10)19-13)16-12(17)15-8-2-3-8/h4-6,8H,2-3,7H2,1H3,(H2,15,16,17). The minimum atomic E-state index is -0.835. The highest BCUT2D eigenvalue weighted by molar-refractivity contribution is 6.18. The molecule has 0 saturated heterocycles. The van der Waals surface area contributed by atoms with Crippen molar-refractivity contribution >= 4 is 23.3 Å². The zero-order valence-corrected chi connectivity index (χ0v) is 11.3. The molecule has 1 heterocycles. The van der Waals surface area contributed by atoms with Crippen LogP contribution in [0.5, 0.6) is 11.5 Å². The number of benzene rings is 1. The Labute approximate surface area is 116 Å². The van der Waals surface area contributed by atoms with Gasteiger partial charge in [-0.15, -0.1) is 11.6 Å². The Morgan fingerprint density at radius 1 is 1.42 bits per heavy atom. The number of ether oxygens (including phenoxy) is 2. The minimum absolute atomic E-state index is 0.193. The third-order valence-electron chi connectivity index (χ3n) is 3.01. The van der Waals surface area contributed by atoms with Gasteiger partial charge >= 0.3 is 6.03 Å². The van der Waals surface area contributed by atoms with Crippen LogP contribution in [0.3, 0.4) is 0 Å². The van der Waals surface area contributed by atoms with Gasteiger partial charge in [0.1, 0.15) is 0 Å². The van der Waals surface area contributed by atoms with E-state index in [1.165, 1.54) is 0 Å². The topological polar surface area (TPSA) is 59.6 Å². The van der Waals surface area contributed by atoms with E-state index in [4.69, 9.17) is 21.1 Å². The first-order chi connectivity index (χ1) is 9.08. The van der Waals surface area contributed by atoms with Crippen molar-refractivity contribution in [2.45, 2.75) is 31.6 Å². The van der Waals surface area contributed by atoms with E-state index in [0.717, 1.165) is 12.8 Å². The first kappa shape index (κ1) is 12.4. The molecule has 2 amide bonds. The molecule has 0 aromatic heterocycles. The van der Waals surface area contributed by atoms with E-state index in [-0.39, 0.29) is 11.9 Å². The number of carbonyl (C=O) groups excluding carboxylic acids is 1. The summed E-state index contributed by atoms with van der Waals surface area (Å²) in [5.74, 6) is 0.620. The van der Waals surface area contributed by atoms with Crippen LogP contribution in [-0.2, 0) is 0 Å². The quantitative estimate of drug-likeness (QED) is 0.838. The normalized spacial score (nSPS) is 24.1. The first-order valence-corrected chi connectivity index (χ1v) is 6.77. The van der Waals surface area contributed by atoms with Crippen LogP contribution in [0, 0.1) is 0 Å². The molecule has 2 N–H and O–H groups in total. The molecule has 1 fully saturated rings. The van der Waals surface area contributed by atoms with E-state index in [0.29, 0.717) is 23.2 Å². The molecule has 102 valence electrons. The van der Waals surface area contributed by atoms with Crippen molar-refractivity contribution in [1.82, 2.24) is 5.32 Å². The zero-order valence-electron chi connectivity index (χ0n) is 10.5. The van der Waals surface area contributed by atoms with Gasteiger partial charge < -0.3 is 20.1 Å². The second kappa shape index (κ2) is 4.49. The van der Waals surface area contributed by atoms with Crippen molar-refractivity contribution in [3.8, 4) is 11.5 Å². The summed E-state index contributed by atoms with van der Waals surface area (Å²) in [6.07, 6.45) is 2.12. The Balaban J connectivity index is 1.69. The molecular weight excluding hydrogens is 268 g/mol. The Hall–Kier alpha value is -1.62. The van der Waals surface area contributed by atoms with E-state index in [2.05, 4.69) is 10.6 Å². The summed E-state index contributed by atoms with van der Waals surface area (Å²) in [5.41, 5.74) is 0.666. The third-order valence-corrected chi connectivity index (χ3v) is 3.49. The number of nitrogens with one attached hydrogen (secondary N) is 2. The van der Waals surface area contributed by atoms with Crippen LogP contribution < -0.4 is 20.1 Å². The van der Waals surface area contributed by atoms with E-state index in [1.54, 1.807) is 25.1 Å². The van der Waals surface area contributed by atoms with Crippen molar-refractivity contribution in [3.63, 3.8) is 0 Å². The monoisotopic (exact) mass is 282 g/mol. The summed E-state index contributed by atoms with van der Waals surface area (Å²) >= 11 is 5.80. The highest BCUT2D eigenvalue weighted by atomic mass is 35.5. The van der Waals surface area contributed by atoms with Crippen LogP contribution in [0.1, 0.15) is 19.8 Å². The van der Waals surface area contributed by atoms with Gasteiger partial charge in [-0.05, 0) is 25.0 Å². The summed E-state index contributed by atoms with van der Waals surface area (Å²) in [5, 5.41) is 5.62. The minimum Gasteiger partial charge on any atom is -0.447 e. The maximum absolute atomic E-state index is 11.6. The number of carbonyl (C=O) groups is 1. The fourth-order valence-corrected chi connectivity index (χ4v) is 1.98. The molecule has 1 saturated carbocycles. The van der Waals surface area contributed by atoms with Crippen LogP contribution >= 0.6 is 11.6 Å². The van der Waals surface area contributed by atoms with Gasteiger partial charge in [0.05, 0.1) is 5.88 Å². The molecule has 2 aliphatic rings. The highest BCUT2D eigenvalue weighted by Crippen LogP contribution is 2.41. The summed E-state index contributed by atoms with van der Waals surface area (Å²) < 4.78 is 11.2. The lowest BCUT2D eigenvalue weighted by Crippen LogP contribution is -2.36. The third kappa shape index (κ3) is 2.71. The van der Waals surface area contributed by atoms with Gasteiger partial charge in [0.25, 0.3) is 5.79 Å². The lowest BCUT2D eigenvalue weighted by Gasteiger charge is -2.19. The van der Waals surface area contributed by atoms with Gasteiger partial charge in [0, 0.05) is 24.7 Å². The molecule has 1 aromatic rings. The van der Waals surface area contributed by atoms with Crippen molar-refractivity contribution in [1.29, 1.82) is 0 Å². The summed E-state index contributed by atoms with van der Waals surface area (Å²) in [4.78, 5) is 11.6. The summed E-state index contributed by atoms with van der Waals surface area (Å²) in [6.45, 7) is 1.77. The molecule has 0 bridgehead atoms. The molecule has 1 aliphatic heterocycles. The maximum atomic E-state index is 11.6. The lowest BCUT2D eigenvalue weighted by molar-refractivity contribution is -0.0396. The second-order valence-corrected chi connectivity index (χ2v) is 5.27. The number of fused-ring (bicyclic) bond motifs is 1. The average molecular weight is 283 g/mol. The molecule has 3 rings (SSSR count). The predicted molar refractivity (Wildman–Crippen MR) is 72.0 cm³/mol. The number of urea groups is 1. The van der Waals surface area contributed by atoms with Crippen molar-refractivity contribution in [3.05, 3.63) is 18.2 Å². The fraction of sp³-hybridized carbons (Fsp3) is 0.462. The van der Waals surface area contributed by atoms with Gasteiger partial charge in [-0.1, -0.05) is 0 Å². The van der Waals surface area contributed by atoms with Crippen LogP contribution in [0.15, 0.2) is 18.2 Å². The van der Waals surface area contributed by atoms with Gasteiger partial charge in [-0.2, -0.15) is 0 Å². The largest absolute Gasteiger partial charge is 0.447 e. The van der Waals surface area contributed by atoms with Crippen LogP contribution in [-0.4, -0.2) is 23.7 Å². The van der Waals surface area contributed by atoms with Crippen molar-refractivity contribution in [2.24, 2.45) is 0 Å².